The summed E-state index contributed by atoms with van der Waals surface area (Å²) in [6.45, 7) is 1.84. The highest BCUT2D eigenvalue weighted by Gasteiger charge is 2.18. The molecule has 2 aromatic carbocycles. The Morgan fingerprint density at radius 3 is 2.26 bits per heavy atom. The molecular weight excluding hydrogens is 316 g/mol. The van der Waals surface area contributed by atoms with Crippen LogP contribution in [0.2, 0.25) is 0 Å². The molecule has 122 valence electrons. The standard InChI is InChI=1S/C16H18N2O4S/c1-2-15(22-13-6-4-3-5-7-13)16(19)18-12-8-10-14(11-9-12)23(17,20)21/h3-11,15H,2H2,1H3,(H,18,19)(H2,17,20,21). The van der Waals surface area contributed by atoms with E-state index in [1.54, 1.807) is 12.1 Å². The molecule has 0 radical (unpaired) electrons. The van der Waals surface area contributed by atoms with E-state index in [2.05, 4.69) is 5.32 Å². The number of anilines is 1. The summed E-state index contributed by atoms with van der Waals surface area (Å²) in [5.41, 5.74) is 0.470. The second kappa shape index (κ2) is 7.26. The van der Waals surface area contributed by atoms with Gasteiger partial charge in [0.15, 0.2) is 6.10 Å². The van der Waals surface area contributed by atoms with Gasteiger partial charge in [0.05, 0.1) is 4.90 Å². The number of hydrogen-bond acceptors (Lipinski definition) is 4. The Morgan fingerprint density at radius 2 is 1.74 bits per heavy atom. The molecule has 0 aliphatic rings. The molecule has 6 nitrogen and oxygen atoms in total. The van der Waals surface area contributed by atoms with E-state index in [1.165, 1.54) is 24.3 Å². The SMILES string of the molecule is CCC(Oc1ccccc1)C(=O)Nc1ccc(S(N)(=O)=O)cc1. The average Bonchev–Trinajstić information content (AvgIpc) is 2.53. The highest BCUT2D eigenvalue weighted by molar-refractivity contribution is 7.89. The van der Waals surface area contributed by atoms with Crippen molar-refractivity contribution >= 4 is 21.6 Å². The summed E-state index contributed by atoms with van der Waals surface area (Å²) in [6, 6.07) is 14.7. The Labute approximate surface area is 135 Å². The van der Waals surface area contributed by atoms with E-state index in [0.29, 0.717) is 17.9 Å². The first-order valence-corrected chi connectivity index (χ1v) is 8.60. The zero-order valence-corrected chi connectivity index (χ0v) is 13.4. The van der Waals surface area contributed by atoms with Gasteiger partial charge in [0.2, 0.25) is 10.0 Å². The zero-order chi connectivity index (χ0) is 16.9. The van der Waals surface area contributed by atoms with Crippen LogP contribution in [0, 0.1) is 0 Å². The minimum atomic E-state index is -3.75. The summed E-state index contributed by atoms with van der Waals surface area (Å²) >= 11 is 0. The maximum Gasteiger partial charge on any atom is 0.265 e. The van der Waals surface area contributed by atoms with Crippen LogP contribution in [0.3, 0.4) is 0 Å². The second-order valence-corrected chi connectivity index (χ2v) is 6.45. The predicted octanol–water partition coefficient (Wildman–Crippen LogP) is 2.13. The summed E-state index contributed by atoms with van der Waals surface area (Å²) in [5.74, 6) is 0.304. The number of carbonyl (C=O) groups excluding carboxylic acids is 1. The number of amides is 1. The van der Waals surface area contributed by atoms with Crippen molar-refractivity contribution < 1.29 is 17.9 Å². The van der Waals surface area contributed by atoms with Crippen LogP contribution in [0.15, 0.2) is 59.5 Å². The molecule has 2 aromatic rings. The quantitative estimate of drug-likeness (QED) is 0.845. The third-order valence-electron chi connectivity index (χ3n) is 3.14. The lowest BCUT2D eigenvalue weighted by Crippen LogP contribution is -2.32. The van der Waals surface area contributed by atoms with Crippen molar-refractivity contribution in [3.8, 4) is 5.75 Å². The lowest BCUT2D eigenvalue weighted by Gasteiger charge is -2.17. The largest absolute Gasteiger partial charge is 0.481 e. The summed E-state index contributed by atoms with van der Waals surface area (Å²) in [4.78, 5) is 12.2. The monoisotopic (exact) mass is 334 g/mol. The van der Waals surface area contributed by atoms with Crippen LogP contribution in [0.5, 0.6) is 5.75 Å². The fourth-order valence-electron chi connectivity index (χ4n) is 1.94. The Morgan fingerprint density at radius 1 is 1.13 bits per heavy atom. The molecule has 0 aliphatic carbocycles. The van der Waals surface area contributed by atoms with Crippen molar-refractivity contribution in [1.82, 2.24) is 0 Å². The number of nitrogens with one attached hydrogen (secondary N) is 1. The van der Waals surface area contributed by atoms with Crippen LogP contribution in [0.4, 0.5) is 5.69 Å². The smallest absolute Gasteiger partial charge is 0.265 e. The van der Waals surface area contributed by atoms with E-state index in [4.69, 9.17) is 9.88 Å². The molecule has 2 rings (SSSR count). The molecule has 7 heteroatoms. The van der Waals surface area contributed by atoms with E-state index < -0.39 is 16.1 Å². The highest BCUT2D eigenvalue weighted by Crippen LogP contribution is 2.16. The molecule has 1 atom stereocenters. The third-order valence-corrected chi connectivity index (χ3v) is 4.06. The van der Waals surface area contributed by atoms with Gasteiger partial charge in [-0.2, -0.15) is 0 Å². The van der Waals surface area contributed by atoms with Gasteiger partial charge < -0.3 is 10.1 Å². The number of nitrogens with two attached hydrogens (primary N) is 1. The van der Waals surface area contributed by atoms with E-state index in [-0.39, 0.29) is 10.8 Å². The first-order chi connectivity index (χ1) is 10.9. The molecule has 1 amide bonds. The Balaban J connectivity index is 2.04. The molecule has 0 saturated carbocycles. The number of para-hydroxylation sites is 1. The van der Waals surface area contributed by atoms with E-state index >= 15 is 0 Å². The molecule has 0 aromatic heterocycles. The number of hydrogen-bond donors (Lipinski definition) is 2. The van der Waals surface area contributed by atoms with Crippen LogP contribution >= 0.6 is 0 Å². The van der Waals surface area contributed by atoms with Crippen molar-refractivity contribution in [1.29, 1.82) is 0 Å². The van der Waals surface area contributed by atoms with E-state index in [0.717, 1.165) is 0 Å². The van der Waals surface area contributed by atoms with Crippen molar-refractivity contribution in [2.75, 3.05) is 5.32 Å². The molecule has 0 aliphatic heterocycles. The summed E-state index contributed by atoms with van der Waals surface area (Å²) in [6.07, 6.45) is -0.147. The number of ether oxygens (including phenoxy) is 1. The van der Waals surface area contributed by atoms with Crippen LogP contribution in [0.1, 0.15) is 13.3 Å². The predicted molar refractivity (Wildman–Crippen MR) is 87.6 cm³/mol. The van der Waals surface area contributed by atoms with Crippen molar-refractivity contribution in [3.63, 3.8) is 0 Å². The molecule has 0 fully saturated rings. The zero-order valence-electron chi connectivity index (χ0n) is 12.6. The van der Waals surface area contributed by atoms with Gasteiger partial charge >= 0.3 is 0 Å². The van der Waals surface area contributed by atoms with Crippen molar-refractivity contribution in [3.05, 3.63) is 54.6 Å². The van der Waals surface area contributed by atoms with Gasteiger partial charge in [-0.3, -0.25) is 4.79 Å². The first kappa shape index (κ1) is 17.0. The molecule has 0 bridgehead atoms. The van der Waals surface area contributed by atoms with Gasteiger partial charge in [-0.1, -0.05) is 25.1 Å². The van der Waals surface area contributed by atoms with E-state index in [9.17, 15) is 13.2 Å². The Hall–Kier alpha value is -2.38. The van der Waals surface area contributed by atoms with Crippen molar-refractivity contribution in [2.24, 2.45) is 5.14 Å². The summed E-state index contributed by atoms with van der Waals surface area (Å²) in [7, 11) is -3.75. The third kappa shape index (κ3) is 4.80. The average molecular weight is 334 g/mol. The Kier molecular flexibility index (Phi) is 5.36. The topological polar surface area (TPSA) is 98.5 Å². The number of primary sulfonamides is 1. The molecular formula is C16H18N2O4S. The normalized spacial score (nSPS) is 12.4. The van der Waals surface area contributed by atoms with Crippen LogP contribution < -0.4 is 15.2 Å². The Bertz CT molecular complexity index is 758. The molecule has 0 spiro atoms. The first-order valence-electron chi connectivity index (χ1n) is 7.05. The molecule has 1 unspecified atom stereocenters. The number of carbonyl (C=O) groups is 1. The second-order valence-electron chi connectivity index (χ2n) is 4.89. The molecule has 0 saturated heterocycles. The fourth-order valence-corrected chi connectivity index (χ4v) is 2.45. The lowest BCUT2D eigenvalue weighted by atomic mass is 10.2. The van der Waals surface area contributed by atoms with Gasteiger partial charge in [0.25, 0.3) is 5.91 Å². The highest BCUT2D eigenvalue weighted by atomic mass is 32.2. The van der Waals surface area contributed by atoms with Gasteiger partial charge in [-0.15, -0.1) is 0 Å². The minimum Gasteiger partial charge on any atom is -0.481 e. The number of rotatable bonds is 6. The molecule has 0 heterocycles. The number of benzene rings is 2. The summed E-state index contributed by atoms with van der Waals surface area (Å²) in [5, 5.41) is 7.72. The van der Waals surface area contributed by atoms with E-state index in [1.807, 2.05) is 25.1 Å². The van der Waals surface area contributed by atoms with Crippen molar-refractivity contribution in [2.45, 2.75) is 24.3 Å². The lowest BCUT2D eigenvalue weighted by molar-refractivity contribution is -0.122. The maximum absolute atomic E-state index is 12.3. The van der Waals surface area contributed by atoms with Crippen LogP contribution in [-0.2, 0) is 14.8 Å². The van der Waals surface area contributed by atoms with Gasteiger partial charge in [-0.25, -0.2) is 13.6 Å². The van der Waals surface area contributed by atoms with Crippen LogP contribution in [-0.4, -0.2) is 20.4 Å². The number of sulfonamides is 1. The molecule has 3 N–H and O–H groups in total. The summed E-state index contributed by atoms with van der Waals surface area (Å²) < 4.78 is 28.0. The van der Waals surface area contributed by atoms with Gasteiger partial charge in [0, 0.05) is 5.69 Å². The van der Waals surface area contributed by atoms with Crippen LogP contribution in [0.25, 0.3) is 0 Å². The molecule has 23 heavy (non-hydrogen) atoms. The maximum atomic E-state index is 12.3. The van der Waals surface area contributed by atoms with Gasteiger partial charge in [-0.05, 0) is 42.8 Å². The minimum absolute atomic E-state index is 0.0110. The fraction of sp³-hybridized carbons (Fsp3) is 0.188. The van der Waals surface area contributed by atoms with Gasteiger partial charge in [0.1, 0.15) is 5.75 Å².